The van der Waals surface area contributed by atoms with Crippen LogP contribution < -0.4 is 5.32 Å². The Balaban J connectivity index is 2.10. The van der Waals surface area contributed by atoms with Gasteiger partial charge in [-0.2, -0.15) is 5.10 Å². The lowest BCUT2D eigenvalue weighted by Gasteiger charge is -2.34. The minimum absolute atomic E-state index is 0.153. The second-order valence-electron chi connectivity index (χ2n) is 5.72. The van der Waals surface area contributed by atoms with Gasteiger partial charge in [-0.3, -0.25) is 9.48 Å². The van der Waals surface area contributed by atoms with E-state index >= 15 is 0 Å². The fourth-order valence-corrected chi connectivity index (χ4v) is 3.00. The molecule has 0 saturated heterocycles. The van der Waals surface area contributed by atoms with Gasteiger partial charge in [0, 0.05) is 13.1 Å². The molecule has 3 atom stereocenters. The molecule has 1 amide bonds. The molecule has 1 heterocycles. The van der Waals surface area contributed by atoms with Crippen molar-refractivity contribution in [3.63, 3.8) is 0 Å². The molecule has 1 saturated carbocycles. The molecule has 0 bridgehead atoms. The summed E-state index contributed by atoms with van der Waals surface area (Å²) in [5.74, 6) is 1.00. The third kappa shape index (κ3) is 2.78. The van der Waals surface area contributed by atoms with Crippen LogP contribution in [0.4, 0.5) is 0 Å². The van der Waals surface area contributed by atoms with Crippen molar-refractivity contribution in [3.8, 4) is 0 Å². The predicted octanol–water partition coefficient (Wildman–Crippen LogP) is 2.94. The lowest BCUT2D eigenvalue weighted by molar-refractivity contribution is 0.0885. The van der Waals surface area contributed by atoms with Crippen LogP contribution in [0.2, 0.25) is 5.02 Å². The number of aromatic nitrogens is 2. The number of nitrogens with zero attached hydrogens (tertiary/aromatic N) is 2. The Hall–Kier alpha value is -1.03. The Morgan fingerprint density at radius 2 is 2.11 bits per heavy atom. The van der Waals surface area contributed by atoms with Crippen LogP contribution in [-0.2, 0) is 7.05 Å². The normalized spacial score (nSPS) is 27.3. The van der Waals surface area contributed by atoms with Gasteiger partial charge in [0.25, 0.3) is 5.91 Å². The summed E-state index contributed by atoms with van der Waals surface area (Å²) in [4.78, 5) is 12.3. The van der Waals surface area contributed by atoms with Crippen molar-refractivity contribution in [1.29, 1.82) is 0 Å². The molecule has 0 aliphatic heterocycles. The van der Waals surface area contributed by atoms with Crippen molar-refractivity contribution < 1.29 is 4.79 Å². The molecule has 0 spiro atoms. The van der Waals surface area contributed by atoms with Crippen LogP contribution >= 0.6 is 11.6 Å². The molecule has 1 N–H and O–H groups in total. The molecule has 1 aliphatic rings. The zero-order chi connectivity index (χ0) is 14.2. The summed E-state index contributed by atoms with van der Waals surface area (Å²) >= 11 is 6.15. The molecule has 0 unspecified atom stereocenters. The molecule has 1 fully saturated rings. The van der Waals surface area contributed by atoms with E-state index in [0.717, 1.165) is 12.1 Å². The quantitative estimate of drug-likeness (QED) is 0.907. The topological polar surface area (TPSA) is 46.9 Å². The predicted molar refractivity (Wildman–Crippen MR) is 76.4 cm³/mol. The van der Waals surface area contributed by atoms with E-state index in [1.807, 2.05) is 6.92 Å². The van der Waals surface area contributed by atoms with E-state index in [0.29, 0.717) is 22.6 Å². The van der Waals surface area contributed by atoms with Crippen molar-refractivity contribution in [2.24, 2.45) is 18.9 Å². The second kappa shape index (κ2) is 5.53. The first-order valence-electron chi connectivity index (χ1n) is 6.91. The van der Waals surface area contributed by atoms with Crippen molar-refractivity contribution in [3.05, 3.63) is 16.4 Å². The molecule has 5 heteroatoms. The summed E-state index contributed by atoms with van der Waals surface area (Å²) in [6.07, 6.45) is 3.46. The molecule has 2 rings (SSSR count). The van der Waals surface area contributed by atoms with Gasteiger partial charge in [-0.05, 0) is 25.2 Å². The van der Waals surface area contributed by atoms with Gasteiger partial charge in [0.2, 0.25) is 0 Å². The summed E-state index contributed by atoms with van der Waals surface area (Å²) in [5.41, 5.74) is 1.16. The fourth-order valence-electron chi connectivity index (χ4n) is 2.75. The molecule has 0 radical (unpaired) electrons. The van der Waals surface area contributed by atoms with Gasteiger partial charge in [0.05, 0.1) is 10.7 Å². The standard InChI is InChI=1S/C14H22ClN3O/c1-8-6-5-7-11(9(8)2)16-14(19)13-12(15)10(3)18(4)17-13/h8-9,11H,5-7H2,1-4H3,(H,16,19)/t8-,9-,11+/m0/s1. The van der Waals surface area contributed by atoms with E-state index < -0.39 is 0 Å². The Morgan fingerprint density at radius 3 is 2.68 bits per heavy atom. The zero-order valence-electron chi connectivity index (χ0n) is 12.0. The highest BCUT2D eigenvalue weighted by atomic mass is 35.5. The summed E-state index contributed by atoms with van der Waals surface area (Å²) in [7, 11) is 1.79. The average Bonchev–Trinajstić information content (AvgIpc) is 2.63. The number of hydrogen-bond donors (Lipinski definition) is 1. The van der Waals surface area contributed by atoms with Gasteiger partial charge in [-0.25, -0.2) is 0 Å². The van der Waals surface area contributed by atoms with E-state index in [1.54, 1.807) is 11.7 Å². The van der Waals surface area contributed by atoms with E-state index in [-0.39, 0.29) is 11.9 Å². The smallest absolute Gasteiger partial charge is 0.273 e. The summed E-state index contributed by atoms with van der Waals surface area (Å²) in [6.45, 7) is 6.32. The number of halogens is 1. The average molecular weight is 284 g/mol. The number of carbonyl (C=O) groups excluding carboxylic acids is 1. The first-order chi connectivity index (χ1) is 8.91. The third-order valence-corrected chi connectivity index (χ3v) is 4.95. The number of nitrogens with one attached hydrogen (secondary N) is 1. The Kier molecular flexibility index (Phi) is 4.19. The molecule has 19 heavy (non-hydrogen) atoms. The second-order valence-corrected chi connectivity index (χ2v) is 6.10. The van der Waals surface area contributed by atoms with E-state index in [4.69, 9.17) is 11.6 Å². The van der Waals surface area contributed by atoms with Gasteiger partial charge in [-0.15, -0.1) is 0 Å². The molecular formula is C14H22ClN3O. The van der Waals surface area contributed by atoms with Crippen molar-refractivity contribution in [1.82, 2.24) is 15.1 Å². The van der Waals surface area contributed by atoms with Crippen molar-refractivity contribution in [2.45, 2.75) is 46.1 Å². The van der Waals surface area contributed by atoms with Gasteiger partial charge < -0.3 is 5.32 Å². The van der Waals surface area contributed by atoms with Crippen molar-refractivity contribution in [2.75, 3.05) is 0 Å². The number of aryl methyl sites for hydroxylation is 1. The van der Waals surface area contributed by atoms with E-state index in [2.05, 4.69) is 24.3 Å². The molecule has 0 aromatic carbocycles. The fraction of sp³-hybridized carbons (Fsp3) is 0.714. The number of hydrogen-bond acceptors (Lipinski definition) is 2. The SMILES string of the molecule is Cc1c(Cl)c(C(=O)N[C@@H]2CCC[C@H](C)[C@@H]2C)nn1C. The summed E-state index contributed by atoms with van der Waals surface area (Å²) < 4.78 is 1.64. The maximum absolute atomic E-state index is 12.3. The summed E-state index contributed by atoms with van der Waals surface area (Å²) in [5, 5.41) is 7.74. The van der Waals surface area contributed by atoms with Crippen LogP contribution in [0.5, 0.6) is 0 Å². The Morgan fingerprint density at radius 1 is 1.42 bits per heavy atom. The number of rotatable bonds is 2. The minimum atomic E-state index is -0.153. The number of carbonyl (C=O) groups is 1. The Labute approximate surface area is 119 Å². The van der Waals surface area contributed by atoms with Crippen LogP contribution in [-0.4, -0.2) is 21.7 Å². The molecule has 106 valence electrons. The zero-order valence-corrected chi connectivity index (χ0v) is 12.8. The maximum Gasteiger partial charge on any atom is 0.273 e. The lowest BCUT2D eigenvalue weighted by atomic mass is 9.78. The first-order valence-corrected chi connectivity index (χ1v) is 7.29. The van der Waals surface area contributed by atoms with Crippen LogP contribution in [0.25, 0.3) is 0 Å². The minimum Gasteiger partial charge on any atom is -0.348 e. The first kappa shape index (κ1) is 14.4. The van der Waals surface area contributed by atoms with E-state index in [9.17, 15) is 4.79 Å². The van der Waals surface area contributed by atoms with Gasteiger partial charge in [-0.1, -0.05) is 38.3 Å². The lowest BCUT2D eigenvalue weighted by Crippen LogP contribution is -2.43. The largest absolute Gasteiger partial charge is 0.348 e. The summed E-state index contributed by atoms with van der Waals surface area (Å²) in [6, 6.07) is 0.231. The molecule has 1 aromatic heterocycles. The molecule has 1 aliphatic carbocycles. The van der Waals surface area contributed by atoms with Crippen LogP contribution in [0.1, 0.15) is 49.3 Å². The van der Waals surface area contributed by atoms with E-state index in [1.165, 1.54) is 12.8 Å². The maximum atomic E-state index is 12.3. The Bertz CT molecular complexity index is 483. The third-order valence-electron chi connectivity index (χ3n) is 4.50. The molecule has 1 aromatic rings. The monoisotopic (exact) mass is 283 g/mol. The molecule has 4 nitrogen and oxygen atoms in total. The van der Waals surface area contributed by atoms with Gasteiger partial charge >= 0.3 is 0 Å². The van der Waals surface area contributed by atoms with Crippen LogP contribution in [0.15, 0.2) is 0 Å². The number of amides is 1. The van der Waals surface area contributed by atoms with Crippen LogP contribution in [0.3, 0.4) is 0 Å². The van der Waals surface area contributed by atoms with Crippen LogP contribution in [0, 0.1) is 18.8 Å². The highest BCUT2D eigenvalue weighted by molar-refractivity contribution is 6.34. The highest BCUT2D eigenvalue weighted by Gasteiger charge is 2.29. The highest BCUT2D eigenvalue weighted by Crippen LogP contribution is 2.30. The van der Waals surface area contributed by atoms with Gasteiger partial charge in [0.1, 0.15) is 0 Å². The van der Waals surface area contributed by atoms with Gasteiger partial charge in [0.15, 0.2) is 5.69 Å². The van der Waals surface area contributed by atoms with Crippen molar-refractivity contribution >= 4 is 17.5 Å². The molecular weight excluding hydrogens is 262 g/mol.